The number of benzene rings is 1. The van der Waals surface area contributed by atoms with Crippen molar-refractivity contribution in [1.82, 2.24) is 4.90 Å². The van der Waals surface area contributed by atoms with Crippen LogP contribution in [0.25, 0.3) is 0 Å². The fourth-order valence-electron chi connectivity index (χ4n) is 2.77. The maximum absolute atomic E-state index is 12.2. The summed E-state index contributed by atoms with van der Waals surface area (Å²) in [5.41, 5.74) is 7.13. The third kappa shape index (κ3) is 3.73. The Morgan fingerprint density at radius 1 is 1.40 bits per heavy atom. The third-order valence-electron chi connectivity index (χ3n) is 3.97. The predicted octanol–water partition coefficient (Wildman–Crippen LogP) is 3.23. The van der Waals surface area contributed by atoms with Gasteiger partial charge in [-0.05, 0) is 60.8 Å². The monoisotopic (exact) mass is 339 g/mol. The summed E-state index contributed by atoms with van der Waals surface area (Å²) in [7, 11) is 0. The number of nitrogens with zero attached hydrogens (tertiary/aromatic N) is 1. The van der Waals surface area contributed by atoms with Crippen molar-refractivity contribution >= 4 is 33.2 Å². The van der Waals surface area contributed by atoms with Gasteiger partial charge in [0.25, 0.3) is 0 Å². The smallest absolute Gasteiger partial charge is 0.238 e. The maximum Gasteiger partial charge on any atom is 0.238 e. The van der Waals surface area contributed by atoms with E-state index in [2.05, 4.69) is 40.0 Å². The number of piperidine rings is 1. The lowest BCUT2D eigenvalue weighted by atomic mass is 9.97. The Morgan fingerprint density at radius 3 is 2.65 bits per heavy atom. The molecule has 0 aromatic heterocycles. The number of anilines is 2. The van der Waals surface area contributed by atoms with Crippen LogP contribution in [0.3, 0.4) is 0 Å². The number of likely N-dealkylation sites (tertiary alicyclic amines) is 1. The number of hydrogen-bond donors (Lipinski definition) is 2. The molecule has 0 bridgehead atoms. The van der Waals surface area contributed by atoms with Crippen molar-refractivity contribution in [2.24, 2.45) is 0 Å². The molecule has 1 aliphatic heterocycles. The molecule has 20 heavy (non-hydrogen) atoms. The van der Waals surface area contributed by atoms with E-state index in [0.29, 0.717) is 24.3 Å². The minimum atomic E-state index is 0.0241. The summed E-state index contributed by atoms with van der Waals surface area (Å²) in [6.45, 7) is 4.84. The van der Waals surface area contributed by atoms with E-state index in [4.69, 9.17) is 5.73 Å². The molecule has 2 rings (SSSR count). The van der Waals surface area contributed by atoms with Crippen molar-refractivity contribution < 1.29 is 4.79 Å². The standard InChI is InChI=1S/C15H22BrN3O/c1-10-4-3-5-11(2)19(10)9-15(20)18-14-7-6-12(17)8-13(14)16/h6-8,10-11H,3-5,9,17H2,1-2H3,(H,18,20)/t10-,11+. The van der Waals surface area contributed by atoms with Gasteiger partial charge in [0, 0.05) is 22.2 Å². The van der Waals surface area contributed by atoms with Crippen molar-refractivity contribution in [3.63, 3.8) is 0 Å². The topological polar surface area (TPSA) is 58.4 Å². The van der Waals surface area contributed by atoms with Crippen molar-refractivity contribution in [2.75, 3.05) is 17.6 Å². The van der Waals surface area contributed by atoms with Crippen LogP contribution in [0.2, 0.25) is 0 Å². The van der Waals surface area contributed by atoms with Crippen LogP contribution in [0.15, 0.2) is 22.7 Å². The molecule has 0 aliphatic carbocycles. The van der Waals surface area contributed by atoms with Gasteiger partial charge in [0.05, 0.1) is 12.2 Å². The molecule has 1 aliphatic rings. The minimum Gasteiger partial charge on any atom is -0.399 e. The predicted molar refractivity (Wildman–Crippen MR) is 86.7 cm³/mol. The molecule has 1 heterocycles. The first-order valence-electron chi connectivity index (χ1n) is 7.08. The van der Waals surface area contributed by atoms with Gasteiger partial charge in [-0.1, -0.05) is 6.42 Å². The molecule has 0 spiro atoms. The molecule has 3 N–H and O–H groups in total. The highest BCUT2D eigenvalue weighted by Crippen LogP contribution is 2.25. The van der Waals surface area contributed by atoms with Crippen LogP contribution >= 0.6 is 15.9 Å². The minimum absolute atomic E-state index is 0.0241. The first-order chi connectivity index (χ1) is 9.47. The van der Waals surface area contributed by atoms with Crippen LogP contribution in [0.5, 0.6) is 0 Å². The van der Waals surface area contributed by atoms with Crippen molar-refractivity contribution in [1.29, 1.82) is 0 Å². The van der Waals surface area contributed by atoms with E-state index in [-0.39, 0.29) is 5.91 Å². The Kier molecular flexibility index (Phi) is 5.05. The fourth-order valence-corrected chi connectivity index (χ4v) is 3.27. The van der Waals surface area contributed by atoms with E-state index in [0.717, 1.165) is 10.2 Å². The summed E-state index contributed by atoms with van der Waals surface area (Å²) in [5, 5.41) is 2.94. The molecule has 2 atom stereocenters. The largest absolute Gasteiger partial charge is 0.399 e. The highest BCUT2D eigenvalue weighted by molar-refractivity contribution is 9.10. The molecule has 0 radical (unpaired) electrons. The summed E-state index contributed by atoms with van der Waals surface area (Å²) in [5.74, 6) is 0.0241. The summed E-state index contributed by atoms with van der Waals surface area (Å²) in [4.78, 5) is 14.5. The quantitative estimate of drug-likeness (QED) is 0.831. The number of carbonyl (C=O) groups is 1. The van der Waals surface area contributed by atoms with Gasteiger partial charge in [-0.15, -0.1) is 0 Å². The van der Waals surface area contributed by atoms with Gasteiger partial charge in [-0.2, -0.15) is 0 Å². The van der Waals surface area contributed by atoms with Gasteiger partial charge in [-0.25, -0.2) is 0 Å². The van der Waals surface area contributed by atoms with Crippen LogP contribution < -0.4 is 11.1 Å². The van der Waals surface area contributed by atoms with Gasteiger partial charge in [0.2, 0.25) is 5.91 Å². The molecular weight excluding hydrogens is 318 g/mol. The van der Waals surface area contributed by atoms with Crippen molar-refractivity contribution in [2.45, 2.75) is 45.2 Å². The fraction of sp³-hybridized carbons (Fsp3) is 0.533. The van der Waals surface area contributed by atoms with Gasteiger partial charge in [0.1, 0.15) is 0 Å². The third-order valence-corrected chi connectivity index (χ3v) is 4.63. The zero-order valence-electron chi connectivity index (χ0n) is 12.0. The second-order valence-electron chi connectivity index (χ2n) is 5.59. The van der Waals surface area contributed by atoms with Crippen LogP contribution in [0.1, 0.15) is 33.1 Å². The second kappa shape index (κ2) is 6.59. The van der Waals surface area contributed by atoms with E-state index >= 15 is 0 Å². The molecule has 0 unspecified atom stereocenters. The highest BCUT2D eigenvalue weighted by atomic mass is 79.9. The Labute approximate surface area is 128 Å². The average molecular weight is 340 g/mol. The normalized spacial score (nSPS) is 23.6. The van der Waals surface area contributed by atoms with E-state index < -0.39 is 0 Å². The molecule has 5 heteroatoms. The van der Waals surface area contributed by atoms with Gasteiger partial charge in [0.15, 0.2) is 0 Å². The molecular formula is C15H22BrN3O. The van der Waals surface area contributed by atoms with Crippen LogP contribution in [-0.2, 0) is 4.79 Å². The molecule has 110 valence electrons. The molecule has 1 fully saturated rings. The number of nitrogen functional groups attached to an aromatic ring is 1. The first-order valence-corrected chi connectivity index (χ1v) is 7.87. The summed E-state index contributed by atoms with van der Waals surface area (Å²) < 4.78 is 0.811. The van der Waals surface area contributed by atoms with Gasteiger partial charge >= 0.3 is 0 Å². The summed E-state index contributed by atoms with van der Waals surface area (Å²) in [6, 6.07) is 6.34. The number of amides is 1. The van der Waals surface area contributed by atoms with Gasteiger partial charge in [-0.3, -0.25) is 9.69 Å². The zero-order chi connectivity index (χ0) is 14.7. The van der Waals surface area contributed by atoms with E-state index in [1.807, 2.05) is 6.07 Å². The van der Waals surface area contributed by atoms with E-state index in [9.17, 15) is 4.79 Å². The molecule has 1 aromatic rings. The molecule has 4 nitrogen and oxygen atoms in total. The van der Waals surface area contributed by atoms with E-state index in [1.165, 1.54) is 19.3 Å². The van der Waals surface area contributed by atoms with Gasteiger partial charge < -0.3 is 11.1 Å². The summed E-state index contributed by atoms with van der Waals surface area (Å²) >= 11 is 3.42. The number of hydrogen-bond acceptors (Lipinski definition) is 3. The highest BCUT2D eigenvalue weighted by Gasteiger charge is 2.26. The van der Waals surface area contributed by atoms with Crippen molar-refractivity contribution in [3.8, 4) is 0 Å². The summed E-state index contributed by atoms with van der Waals surface area (Å²) in [6.07, 6.45) is 3.59. The maximum atomic E-state index is 12.2. The Bertz CT molecular complexity index is 482. The lowest BCUT2D eigenvalue weighted by Gasteiger charge is -2.38. The van der Waals surface area contributed by atoms with Crippen LogP contribution in [0.4, 0.5) is 11.4 Å². The number of nitrogens with one attached hydrogen (secondary N) is 1. The Balaban J connectivity index is 1.98. The lowest BCUT2D eigenvalue weighted by molar-refractivity contribution is -0.118. The second-order valence-corrected chi connectivity index (χ2v) is 6.44. The number of carbonyl (C=O) groups excluding carboxylic acids is 1. The average Bonchev–Trinajstić information content (AvgIpc) is 2.37. The first kappa shape index (κ1) is 15.3. The molecule has 1 aromatic carbocycles. The SMILES string of the molecule is C[C@@H]1CCC[C@H](C)N1CC(=O)Nc1ccc(N)cc1Br. The Morgan fingerprint density at radius 2 is 2.05 bits per heavy atom. The molecule has 1 saturated heterocycles. The Hall–Kier alpha value is -1.07. The van der Waals surface area contributed by atoms with Crippen LogP contribution in [-0.4, -0.2) is 29.4 Å². The number of nitrogens with two attached hydrogens (primary N) is 1. The molecule has 1 amide bonds. The van der Waals surface area contributed by atoms with Crippen LogP contribution in [0, 0.1) is 0 Å². The van der Waals surface area contributed by atoms with E-state index in [1.54, 1.807) is 12.1 Å². The number of rotatable bonds is 3. The lowest BCUT2D eigenvalue weighted by Crippen LogP contribution is -2.47. The molecule has 0 saturated carbocycles. The van der Waals surface area contributed by atoms with Crippen molar-refractivity contribution in [3.05, 3.63) is 22.7 Å². The zero-order valence-corrected chi connectivity index (χ0v) is 13.6. The number of halogens is 1.